The van der Waals surface area contributed by atoms with Crippen molar-refractivity contribution < 1.29 is 13.2 Å². The molecule has 0 saturated carbocycles. The Morgan fingerprint density at radius 2 is 1.62 bits per heavy atom. The Morgan fingerprint density at radius 3 is 2.15 bits per heavy atom. The lowest BCUT2D eigenvalue weighted by molar-refractivity contribution is 0.494. The minimum atomic E-state index is -1.26. The summed E-state index contributed by atoms with van der Waals surface area (Å²) in [6, 6.07) is 1.05. The highest BCUT2D eigenvalue weighted by molar-refractivity contribution is 6.52. The zero-order chi connectivity index (χ0) is 10.0. The van der Waals surface area contributed by atoms with Gasteiger partial charge in [0.1, 0.15) is 5.82 Å². The fourth-order valence-corrected chi connectivity index (χ4v) is 1.03. The monoisotopic (exact) mass is 226 g/mol. The molecule has 1 aromatic rings. The van der Waals surface area contributed by atoms with Crippen molar-refractivity contribution >= 4 is 28.2 Å². The molecule has 0 fully saturated rings. The van der Waals surface area contributed by atoms with Gasteiger partial charge in [-0.2, -0.15) is 0 Å². The van der Waals surface area contributed by atoms with Crippen LogP contribution in [0.1, 0.15) is 5.56 Å². The summed E-state index contributed by atoms with van der Waals surface area (Å²) < 4.78 is 37.9. The molecule has 0 amide bonds. The Balaban J connectivity index is 3.32. The quantitative estimate of drug-likeness (QED) is 0.638. The van der Waals surface area contributed by atoms with Gasteiger partial charge in [0.2, 0.25) is 0 Å². The van der Waals surface area contributed by atoms with Crippen LogP contribution >= 0.6 is 23.2 Å². The van der Waals surface area contributed by atoms with Crippen LogP contribution in [0.2, 0.25) is 0 Å². The molecule has 1 rings (SSSR count). The van der Waals surface area contributed by atoms with Gasteiger partial charge in [0.15, 0.2) is 11.6 Å². The van der Waals surface area contributed by atoms with Crippen molar-refractivity contribution in [3.05, 3.63) is 40.7 Å². The summed E-state index contributed by atoms with van der Waals surface area (Å²) in [6.45, 7) is 0. The van der Waals surface area contributed by atoms with Gasteiger partial charge in [0.05, 0.1) is 5.03 Å². The van der Waals surface area contributed by atoms with Crippen LogP contribution in [0, 0.1) is 17.5 Å². The van der Waals surface area contributed by atoms with Crippen molar-refractivity contribution in [1.82, 2.24) is 0 Å². The smallest absolute Gasteiger partial charge is 0.161 e. The minimum absolute atomic E-state index is 0.182. The van der Waals surface area contributed by atoms with E-state index >= 15 is 0 Å². The normalized spacial score (nSPS) is 11.9. The highest BCUT2D eigenvalue weighted by atomic mass is 35.5. The van der Waals surface area contributed by atoms with E-state index in [9.17, 15) is 13.2 Å². The molecule has 0 atom stereocenters. The van der Waals surface area contributed by atoms with E-state index in [-0.39, 0.29) is 10.6 Å². The van der Waals surface area contributed by atoms with Crippen molar-refractivity contribution in [2.45, 2.75) is 0 Å². The Kier molecular flexibility index (Phi) is 3.22. The summed E-state index contributed by atoms with van der Waals surface area (Å²) in [7, 11) is 0. The van der Waals surface area contributed by atoms with E-state index in [1.54, 1.807) is 0 Å². The molecular weight excluding hydrogens is 224 g/mol. The first kappa shape index (κ1) is 10.4. The van der Waals surface area contributed by atoms with Gasteiger partial charge in [-0.05, 0) is 6.07 Å². The lowest BCUT2D eigenvalue weighted by Gasteiger charge is -2.01. The maximum absolute atomic E-state index is 12.9. The van der Waals surface area contributed by atoms with E-state index in [1.165, 1.54) is 0 Å². The van der Waals surface area contributed by atoms with Crippen LogP contribution in [-0.4, -0.2) is 0 Å². The van der Waals surface area contributed by atoms with Crippen LogP contribution in [0.5, 0.6) is 0 Å². The number of benzene rings is 1. The molecule has 70 valence electrons. The fourth-order valence-electron chi connectivity index (χ4n) is 0.764. The summed E-state index contributed by atoms with van der Waals surface area (Å²) in [4.78, 5) is 0. The first-order chi connectivity index (χ1) is 6.06. The third-order valence-corrected chi connectivity index (χ3v) is 2.01. The molecule has 0 nitrogen and oxygen atoms in total. The fraction of sp³-hybridized carbons (Fsp3) is 0. The maximum atomic E-state index is 12.9. The Bertz CT molecular complexity index is 361. The minimum Gasteiger partial charge on any atom is -0.206 e. The van der Waals surface area contributed by atoms with Gasteiger partial charge >= 0.3 is 0 Å². The van der Waals surface area contributed by atoms with Crippen molar-refractivity contribution in [1.29, 1.82) is 0 Å². The van der Waals surface area contributed by atoms with Crippen LogP contribution in [0.15, 0.2) is 17.7 Å². The second-order valence-electron chi connectivity index (χ2n) is 2.20. The van der Waals surface area contributed by atoms with Gasteiger partial charge in [-0.3, -0.25) is 0 Å². The van der Waals surface area contributed by atoms with Crippen molar-refractivity contribution in [3.8, 4) is 0 Å². The van der Waals surface area contributed by atoms with Gasteiger partial charge in [0, 0.05) is 17.2 Å². The molecule has 0 aromatic heterocycles. The second kappa shape index (κ2) is 4.03. The summed E-state index contributed by atoms with van der Waals surface area (Å²) in [5.41, 5.74) is 0.604. The van der Waals surface area contributed by atoms with Crippen LogP contribution in [0.25, 0.3) is 5.03 Å². The molecule has 0 heterocycles. The Hall–Kier alpha value is -0.670. The van der Waals surface area contributed by atoms with E-state index in [0.717, 1.165) is 5.54 Å². The highest BCUT2D eigenvalue weighted by Crippen LogP contribution is 2.24. The van der Waals surface area contributed by atoms with Gasteiger partial charge in [0.25, 0.3) is 0 Å². The maximum Gasteiger partial charge on any atom is 0.161 e. The molecule has 0 aliphatic rings. The van der Waals surface area contributed by atoms with E-state index in [4.69, 9.17) is 23.2 Å². The summed E-state index contributed by atoms with van der Waals surface area (Å²) in [5.74, 6) is -3.39. The molecule has 0 aliphatic carbocycles. The van der Waals surface area contributed by atoms with Gasteiger partial charge in [-0.25, -0.2) is 13.2 Å². The van der Waals surface area contributed by atoms with E-state index in [1.807, 2.05) is 0 Å². The van der Waals surface area contributed by atoms with Gasteiger partial charge in [-0.15, -0.1) is 0 Å². The van der Waals surface area contributed by atoms with E-state index in [0.29, 0.717) is 12.1 Å². The van der Waals surface area contributed by atoms with Gasteiger partial charge < -0.3 is 0 Å². The van der Waals surface area contributed by atoms with Gasteiger partial charge in [-0.1, -0.05) is 23.2 Å². The molecule has 0 aliphatic heterocycles. The molecule has 1 aromatic carbocycles. The first-order valence-corrected chi connectivity index (χ1v) is 3.98. The predicted molar refractivity (Wildman–Crippen MR) is 46.0 cm³/mol. The third kappa shape index (κ3) is 2.17. The number of rotatable bonds is 1. The third-order valence-electron chi connectivity index (χ3n) is 1.36. The molecule has 13 heavy (non-hydrogen) atoms. The second-order valence-corrected chi connectivity index (χ2v) is 2.83. The standard InChI is InChI=1S/C8H3Cl2F3/c9-3-5(10)4-1-7(12)8(13)2-6(4)11/h1-3H. The average Bonchev–Trinajstić information content (AvgIpc) is 2.10. The number of hydrogen-bond acceptors (Lipinski definition) is 0. The van der Waals surface area contributed by atoms with E-state index < -0.39 is 17.5 Å². The number of hydrogen-bond donors (Lipinski definition) is 0. The molecular formula is C8H3Cl2F3. The molecule has 0 radical (unpaired) electrons. The topological polar surface area (TPSA) is 0 Å². The van der Waals surface area contributed by atoms with Crippen LogP contribution < -0.4 is 0 Å². The largest absolute Gasteiger partial charge is 0.206 e. The summed E-state index contributed by atoms with van der Waals surface area (Å²) in [6.07, 6.45) is 0. The SMILES string of the molecule is Fc1cc(F)c(C(Cl)=CCl)cc1F. The molecule has 5 heteroatoms. The lowest BCUT2D eigenvalue weighted by atomic mass is 10.2. The van der Waals surface area contributed by atoms with Crippen molar-refractivity contribution in [2.75, 3.05) is 0 Å². The highest BCUT2D eigenvalue weighted by Gasteiger charge is 2.11. The molecule has 0 saturated heterocycles. The van der Waals surface area contributed by atoms with Crippen LogP contribution in [-0.2, 0) is 0 Å². The zero-order valence-electron chi connectivity index (χ0n) is 6.12. The molecule has 0 spiro atoms. The first-order valence-electron chi connectivity index (χ1n) is 3.17. The van der Waals surface area contributed by atoms with Crippen LogP contribution in [0.3, 0.4) is 0 Å². The predicted octanol–water partition coefficient (Wildman–Crippen LogP) is 3.88. The average molecular weight is 227 g/mol. The van der Waals surface area contributed by atoms with Crippen LogP contribution in [0.4, 0.5) is 13.2 Å². The summed E-state index contributed by atoms with van der Waals surface area (Å²) >= 11 is 10.6. The Labute approximate surface area is 82.6 Å². The molecule has 0 N–H and O–H groups in total. The zero-order valence-corrected chi connectivity index (χ0v) is 7.63. The van der Waals surface area contributed by atoms with E-state index in [2.05, 4.69) is 0 Å². The van der Waals surface area contributed by atoms with Crippen molar-refractivity contribution in [3.63, 3.8) is 0 Å². The molecule has 0 bridgehead atoms. The number of halogens is 5. The Morgan fingerprint density at radius 1 is 1.08 bits per heavy atom. The summed E-state index contributed by atoms with van der Waals surface area (Å²) in [5, 5.41) is -0.182. The van der Waals surface area contributed by atoms with Crippen molar-refractivity contribution in [2.24, 2.45) is 0 Å². The lowest BCUT2D eigenvalue weighted by Crippen LogP contribution is -1.91. The molecule has 0 unspecified atom stereocenters.